The van der Waals surface area contributed by atoms with Crippen LogP contribution in [0.5, 0.6) is 5.75 Å². The molecule has 35 heavy (non-hydrogen) atoms. The number of hydrogen-bond acceptors (Lipinski definition) is 4. The van der Waals surface area contributed by atoms with E-state index in [-0.39, 0.29) is 5.75 Å². The first-order chi connectivity index (χ1) is 16.9. The van der Waals surface area contributed by atoms with Crippen molar-refractivity contribution in [1.29, 1.82) is 0 Å². The van der Waals surface area contributed by atoms with Gasteiger partial charge >= 0.3 is 10.3 Å². The van der Waals surface area contributed by atoms with Gasteiger partial charge in [-0.25, -0.2) is 0 Å². The van der Waals surface area contributed by atoms with Crippen molar-refractivity contribution in [2.75, 3.05) is 19.6 Å². The molecule has 3 aromatic carbocycles. The Morgan fingerprint density at radius 1 is 0.914 bits per heavy atom. The van der Waals surface area contributed by atoms with Gasteiger partial charge in [0.25, 0.3) is 0 Å². The van der Waals surface area contributed by atoms with Gasteiger partial charge < -0.3 is 9.08 Å². The minimum absolute atomic E-state index is 0.252. The summed E-state index contributed by atoms with van der Waals surface area (Å²) in [4.78, 5) is 2.55. The maximum absolute atomic E-state index is 11.4. The molecule has 0 bridgehead atoms. The average Bonchev–Trinajstić information content (AvgIpc) is 3.35. The van der Waals surface area contributed by atoms with Gasteiger partial charge in [0.05, 0.1) is 0 Å². The predicted molar refractivity (Wildman–Crippen MR) is 141 cm³/mol. The molecule has 0 aromatic heterocycles. The van der Waals surface area contributed by atoms with Crippen molar-refractivity contribution in [3.05, 3.63) is 100 Å². The highest BCUT2D eigenvalue weighted by Crippen LogP contribution is 2.42. The summed E-state index contributed by atoms with van der Waals surface area (Å²) in [5.41, 5.74) is 9.67. The topological polar surface area (TPSA) is 72.6 Å². The zero-order chi connectivity index (χ0) is 24.4. The van der Waals surface area contributed by atoms with Crippen LogP contribution in [0.15, 0.2) is 66.7 Å². The normalized spacial score (nSPS) is 16.4. The summed E-state index contributed by atoms with van der Waals surface area (Å²) in [5, 5.41) is 5.09. The summed E-state index contributed by atoms with van der Waals surface area (Å²) in [6.45, 7) is 5.68. The van der Waals surface area contributed by atoms with Crippen molar-refractivity contribution in [1.82, 2.24) is 4.90 Å². The summed E-state index contributed by atoms with van der Waals surface area (Å²) in [7, 11) is -4.06. The van der Waals surface area contributed by atoms with Gasteiger partial charge in [0, 0.05) is 6.54 Å². The lowest BCUT2D eigenvalue weighted by atomic mass is 9.79. The fourth-order valence-corrected chi connectivity index (χ4v) is 5.71. The molecule has 0 atom stereocenters. The summed E-state index contributed by atoms with van der Waals surface area (Å²) in [6, 6.07) is 23.0. The number of nitrogens with zero attached hydrogens (tertiary/aromatic N) is 1. The lowest BCUT2D eigenvalue weighted by Crippen LogP contribution is -2.21. The molecule has 3 aromatic rings. The molecule has 1 fully saturated rings. The summed E-state index contributed by atoms with van der Waals surface area (Å²) in [6.07, 6.45) is 5.37. The lowest BCUT2D eigenvalue weighted by Gasteiger charge is -2.25. The van der Waals surface area contributed by atoms with Crippen LogP contribution in [0.3, 0.4) is 0 Å². The molecule has 1 heterocycles. The summed E-state index contributed by atoms with van der Waals surface area (Å²) in [5.74, 6) is 0.252. The second kappa shape index (κ2) is 9.97. The number of benzene rings is 3. The van der Waals surface area contributed by atoms with E-state index < -0.39 is 10.3 Å². The molecule has 1 aliphatic heterocycles. The maximum Gasteiger partial charge on any atom is 0.380 e. The van der Waals surface area contributed by atoms with Crippen LogP contribution in [-0.4, -0.2) is 33.0 Å². The van der Waals surface area contributed by atoms with Crippen LogP contribution in [0.25, 0.3) is 11.1 Å². The Kier molecular flexibility index (Phi) is 6.78. The molecule has 1 saturated heterocycles. The third kappa shape index (κ3) is 5.67. The third-order valence-electron chi connectivity index (χ3n) is 7.03. The van der Waals surface area contributed by atoms with E-state index >= 15 is 0 Å². The SMILES string of the molecule is Cc1cccc(C2=C(c3ccc(CCN4CCCC4)cc3)c3ccc(OS(N)(=O)=O)cc3CC2)c1. The number of nitrogens with two attached hydrogens (primary N) is 1. The second-order valence-electron chi connectivity index (χ2n) is 9.61. The number of hydrogen-bond donors (Lipinski definition) is 1. The van der Waals surface area contributed by atoms with Gasteiger partial charge in [-0.05, 0) is 103 Å². The molecule has 2 N–H and O–H groups in total. The van der Waals surface area contributed by atoms with Gasteiger partial charge in [0.1, 0.15) is 5.75 Å². The Labute approximate surface area is 208 Å². The number of allylic oxidation sites excluding steroid dienone is 1. The number of fused-ring (bicyclic) bond motifs is 1. The van der Waals surface area contributed by atoms with E-state index in [0.717, 1.165) is 36.9 Å². The largest absolute Gasteiger partial charge is 0.380 e. The van der Waals surface area contributed by atoms with Crippen LogP contribution < -0.4 is 9.32 Å². The number of likely N-dealkylation sites (tertiary alicyclic amines) is 1. The third-order valence-corrected chi connectivity index (χ3v) is 7.45. The minimum atomic E-state index is -4.06. The van der Waals surface area contributed by atoms with Gasteiger partial charge in [0.2, 0.25) is 0 Å². The standard InChI is InChI=1S/C29H32N2O3S/c1-21-5-4-6-24(19-21)27-13-11-25-20-26(34-35(30,32)33)12-14-28(25)29(27)23-9-7-22(8-10-23)15-18-31-16-2-3-17-31/h4-10,12,14,19-20H,2-3,11,13,15-18H2,1H3,(H2,30,32,33). The van der Waals surface area contributed by atoms with Crippen LogP contribution in [0.1, 0.15) is 52.6 Å². The Hall–Kier alpha value is -2.93. The van der Waals surface area contributed by atoms with Crippen molar-refractivity contribution in [2.45, 2.75) is 39.0 Å². The molecule has 2 aliphatic rings. The Morgan fingerprint density at radius 3 is 2.40 bits per heavy atom. The highest BCUT2D eigenvalue weighted by Gasteiger charge is 2.23. The van der Waals surface area contributed by atoms with Crippen molar-refractivity contribution in [2.24, 2.45) is 5.14 Å². The van der Waals surface area contributed by atoms with E-state index in [9.17, 15) is 8.42 Å². The van der Waals surface area contributed by atoms with Gasteiger partial charge in [0.15, 0.2) is 0 Å². The average molecular weight is 489 g/mol. The second-order valence-corrected chi connectivity index (χ2v) is 10.8. The highest BCUT2D eigenvalue weighted by molar-refractivity contribution is 7.84. The van der Waals surface area contributed by atoms with Crippen molar-refractivity contribution in [3.8, 4) is 5.75 Å². The molecule has 0 amide bonds. The number of aryl methyl sites for hydroxylation is 2. The van der Waals surface area contributed by atoms with E-state index in [1.807, 2.05) is 6.07 Å². The van der Waals surface area contributed by atoms with Crippen molar-refractivity contribution < 1.29 is 12.6 Å². The van der Waals surface area contributed by atoms with Gasteiger partial charge in [-0.3, -0.25) is 0 Å². The van der Waals surface area contributed by atoms with Crippen LogP contribution in [0.2, 0.25) is 0 Å². The highest BCUT2D eigenvalue weighted by atomic mass is 32.2. The first-order valence-electron chi connectivity index (χ1n) is 12.3. The van der Waals surface area contributed by atoms with Crippen LogP contribution >= 0.6 is 0 Å². The Bertz CT molecular complexity index is 1350. The monoisotopic (exact) mass is 488 g/mol. The molecule has 6 heteroatoms. The zero-order valence-electron chi connectivity index (χ0n) is 20.2. The predicted octanol–water partition coefficient (Wildman–Crippen LogP) is 5.12. The van der Waals surface area contributed by atoms with E-state index in [1.165, 1.54) is 59.3 Å². The lowest BCUT2D eigenvalue weighted by molar-refractivity contribution is 0.343. The van der Waals surface area contributed by atoms with Crippen LogP contribution in [-0.2, 0) is 23.1 Å². The molecule has 0 radical (unpaired) electrons. The smallest absolute Gasteiger partial charge is 0.371 e. The first-order valence-corrected chi connectivity index (χ1v) is 13.8. The van der Waals surface area contributed by atoms with Gasteiger partial charge in [-0.2, -0.15) is 13.6 Å². The minimum Gasteiger partial charge on any atom is -0.371 e. The molecule has 0 spiro atoms. The van der Waals surface area contributed by atoms with E-state index in [1.54, 1.807) is 12.1 Å². The zero-order valence-corrected chi connectivity index (χ0v) is 21.0. The van der Waals surface area contributed by atoms with Gasteiger partial charge in [-0.1, -0.05) is 60.2 Å². The Morgan fingerprint density at radius 2 is 1.69 bits per heavy atom. The number of rotatable bonds is 7. The van der Waals surface area contributed by atoms with E-state index in [4.69, 9.17) is 9.32 Å². The van der Waals surface area contributed by atoms with E-state index in [0.29, 0.717) is 0 Å². The first kappa shape index (κ1) is 23.8. The molecular formula is C29H32N2O3S. The van der Waals surface area contributed by atoms with Crippen molar-refractivity contribution >= 4 is 21.5 Å². The molecular weight excluding hydrogens is 456 g/mol. The van der Waals surface area contributed by atoms with Crippen LogP contribution in [0, 0.1) is 6.92 Å². The van der Waals surface area contributed by atoms with Gasteiger partial charge in [-0.15, -0.1) is 0 Å². The Balaban J connectivity index is 1.52. The fraction of sp³-hybridized carbons (Fsp3) is 0.310. The summed E-state index contributed by atoms with van der Waals surface area (Å²) < 4.78 is 27.8. The maximum atomic E-state index is 11.4. The molecule has 0 unspecified atom stereocenters. The molecule has 0 saturated carbocycles. The van der Waals surface area contributed by atoms with E-state index in [2.05, 4.69) is 60.4 Å². The molecule has 5 nitrogen and oxygen atoms in total. The molecule has 1 aliphatic carbocycles. The quantitative estimate of drug-likeness (QED) is 0.501. The molecule has 182 valence electrons. The fourth-order valence-electron chi connectivity index (χ4n) is 5.34. The molecule has 5 rings (SSSR count). The van der Waals surface area contributed by atoms with Crippen LogP contribution in [0.4, 0.5) is 0 Å². The van der Waals surface area contributed by atoms with Crippen molar-refractivity contribution in [3.63, 3.8) is 0 Å². The summed E-state index contributed by atoms with van der Waals surface area (Å²) >= 11 is 0.